The number of hydrogen-bond donors (Lipinski definition) is 0. The van der Waals surface area contributed by atoms with Crippen molar-refractivity contribution in [2.24, 2.45) is 0 Å². The number of benzene rings is 1. The minimum absolute atomic E-state index is 0.216. The van der Waals surface area contributed by atoms with Crippen molar-refractivity contribution in [1.29, 1.82) is 0 Å². The second-order valence-corrected chi connectivity index (χ2v) is 8.31. The summed E-state index contributed by atoms with van der Waals surface area (Å²) in [5, 5.41) is 0. The summed E-state index contributed by atoms with van der Waals surface area (Å²) in [4.78, 5) is 0.216. The highest BCUT2D eigenvalue weighted by Crippen LogP contribution is 2.48. The van der Waals surface area contributed by atoms with Crippen molar-refractivity contribution in [3.63, 3.8) is 0 Å². The topological polar surface area (TPSA) is 61.8 Å². The first-order valence-electron chi connectivity index (χ1n) is 4.52. The molecule has 0 spiro atoms. The van der Waals surface area contributed by atoms with Crippen LogP contribution in [-0.4, -0.2) is 28.9 Å². The molecule has 0 unspecified atom stereocenters. The van der Waals surface area contributed by atoms with Crippen LogP contribution in [0.15, 0.2) is 29.2 Å². The van der Waals surface area contributed by atoms with Gasteiger partial charge in [-0.3, -0.25) is 0 Å². The third-order valence-corrected chi connectivity index (χ3v) is 5.49. The third-order valence-electron chi connectivity index (χ3n) is 1.92. The summed E-state index contributed by atoms with van der Waals surface area (Å²) < 4.78 is 37.7. The summed E-state index contributed by atoms with van der Waals surface area (Å²) in [6, 6.07) is 5.90. The van der Waals surface area contributed by atoms with Crippen LogP contribution < -0.4 is 4.52 Å². The Kier molecular flexibility index (Phi) is 4.69. The zero-order valence-corrected chi connectivity index (χ0v) is 12.1. The summed E-state index contributed by atoms with van der Waals surface area (Å²) in [6.07, 6.45) is 1.14. The molecule has 0 heterocycles. The normalized spacial score (nSPS) is 12.4. The lowest BCUT2D eigenvalue weighted by atomic mass is 10.3. The monoisotopic (exact) mass is 296 g/mol. The molecule has 0 fully saturated rings. The maximum atomic E-state index is 11.2. The molecule has 0 N–H and O–H groups in total. The molecule has 1 rings (SSSR count). The zero-order chi connectivity index (χ0) is 13.1. The summed E-state index contributed by atoms with van der Waals surface area (Å²) in [7, 11) is -0.413. The summed E-state index contributed by atoms with van der Waals surface area (Å²) in [5.41, 5.74) is 0. The molecule has 0 amide bonds. The van der Waals surface area contributed by atoms with Crippen LogP contribution in [0.2, 0.25) is 0 Å². The molecule has 17 heavy (non-hydrogen) atoms. The van der Waals surface area contributed by atoms with Gasteiger partial charge in [-0.05, 0) is 24.3 Å². The van der Waals surface area contributed by atoms with Crippen LogP contribution in [0, 0.1) is 0 Å². The van der Waals surface area contributed by atoms with Gasteiger partial charge in [-0.1, -0.05) is 0 Å². The van der Waals surface area contributed by atoms with Gasteiger partial charge in [-0.25, -0.2) is 8.42 Å². The predicted octanol–water partition coefficient (Wildman–Crippen LogP) is 1.99. The fourth-order valence-electron chi connectivity index (χ4n) is 1.03. The Morgan fingerprint density at radius 1 is 1.12 bits per heavy atom. The van der Waals surface area contributed by atoms with E-state index in [4.69, 9.17) is 25.4 Å². The van der Waals surface area contributed by atoms with Gasteiger partial charge in [-0.15, -0.1) is 0 Å². The molecule has 0 aliphatic carbocycles. The van der Waals surface area contributed by atoms with E-state index in [1.165, 1.54) is 38.5 Å². The van der Waals surface area contributed by atoms with E-state index >= 15 is 0 Å². The molecular weight excluding hydrogens is 283 g/mol. The first-order valence-corrected chi connectivity index (χ1v) is 8.97. The number of rotatable bonds is 5. The third kappa shape index (κ3) is 4.04. The van der Waals surface area contributed by atoms with Crippen molar-refractivity contribution in [2.75, 3.05) is 20.5 Å². The second kappa shape index (κ2) is 5.46. The van der Waals surface area contributed by atoms with E-state index in [2.05, 4.69) is 0 Å². The van der Waals surface area contributed by atoms with Crippen molar-refractivity contribution in [3.05, 3.63) is 24.3 Å². The molecule has 0 aromatic heterocycles. The van der Waals surface area contributed by atoms with Crippen LogP contribution in [0.5, 0.6) is 5.75 Å². The Bertz CT molecular complexity index is 515. The Morgan fingerprint density at radius 2 is 1.59 bits per heavy atom. The lowest BCUT2D eigenvalue weighted by molar-refractivity contribution is 0.273. The van der Waals surface area contributed by atoms with Crippen LogP contribution in [0.25, 0.3) is 0 Å². The molecule has 8 heteroatoms. The first kappa shape index (κ1) is 14.6. The van der Waals surface area contributed by atoms with Gasteiger partial charge < -0.3 is 13.6 Å². The average Bonchev–Trinajstić information content (AvgIpc) is 2.28. The van der Waals surface area contributed by atoms with Gasteiger partial charge in [0.25, 0.3) is 0 Å². The summed E-state index contributed by atoms with van der Waals surface area (Å²) in [5.74, 6) is 0.407. The molecule has 0 aliphatic rings. The largest absolute Gasteiger partial charge is 0.424 e. The predicted molar refractivity (Wildman–Crippen MR) is 68.5 cm³/mol. The standard InChI is InChI=1S/C9H13O5PS2/c1-12-15(16,13-2)14-8-4-6-9(7-5-8)17(3,10)11/h4-7H,1-3H3. The lowest BCUT2D eigenvalue weighted by Crippen LogP contribution is -1.99. The van der Waals surface area contributed by atoms with Gasteiger partial charge in [-0.2, -0.15) is 0 Å². The molecule has 5 nitrogen and oxygen atoms in total. The Hall–Kier alpha value is -0.460. The molecule has 0 bridgehead atoms. The van der Waals surface area contributed by atoms with E-state index in [9.17, 15) is 8.42 Å². The van der Waals surface area contributed by atoms with Gasteiger partial charge in [0.15, 0.2) is 9.84 Å². The van der Waals surface area contributed by atoms with E-state index in [0.29, 0.717) is 5.75 Å². The molecule has 1 aromatic rings. The number of hydrogen-bond acceptors (Lipinski definition) is 6. The van der Waals surface area contributed by atoms with E-state index in [0.717, 1.165) is 6.26 Å². The maximum absolute atomic E-state index is 11.2. The van der Waals surface area contributed by atoms with Crippen LogP contribution in [0.4, 0.5) is 0 Å². The van der Waals surface area contributed by atoms with Crippen molar-refractivity contribution in [3.8, 4) is 5.75 Å². The highest BCUT2D eigenvalue weighted by Gasteiger charge is 2.18. The molecule has 96 valence electrons. The van der Waals surface area contributed by atoms with Crippen molar-refractivity contribution in [2.45, 2.75) is 4.90 Å². The van der Waals surface area contributed by atoms with Crippen molar-refractivity contribution in [1.82, 2.24) is 0 Å². The van der Waals surface area contributed by atoms with Crippen molar-refractivity contribution >= 4 is 28.4 Å². The van der Waals surface area contributed by atoms with Crippen molar-refractivity contribution < 1.29 is 22.0 Å². The van der Waals surface area contributed by atoms with E-state index < -0.39 is 16.6 Å². The van der Waals surface area contributed by atoms with Crippen LogP contribution in [-0.2, 0) is 30.7 Å². The van der Waals surface area contributed by atoms with Gasteiger partial charge in [0.05, 0.1) is 4.90 Å². The lowest BCUT2D eigenvalue weighted by Gasteiger charge is -2.18. The molecule has 0 saturated carbocycles. The average molecular weight is 296 g/mol. The van der Waals surface area contributed by atoms with Gasteiger partial charge in [0.2, 0.25) is 0 Å². The SMILES string of the molecule is COP(=S)(OC)Oc1ccc(S(C)(=O)=O)cc1. The van der Waals surface area contributed by atoms with E-state index in [-0.39, 0.29) is 4.90 Å². The molecule has 0 radical (unpaired) electrons. The molecule has 0 aliphatic heterocycles. The molecule has 1 aromatic carbocycles. The highest BCUT2D eigenvalue weighted by atomic mass is 32.5. The fraction of sp³-hybridized carbons (Fsp3) is 0.333. The van der Waals surface area contributed by atoms with Gasteiger partial charge in [0.1, 0.15) is 5.75 Å². The molecular formula is C9H13O5PS2. The van der Waals surface area contributed by atoms with Crippen LogP contribution in [0.3, 0.4) is 0 Å². The fourth-order valence-corrected chi connectivity index (χ4v) is 2.59. The van der Waals surface area contributed by atoms with E-state index in [1.807, 2.05) is 0 Å². The highest BCUT2D eigenvalue weighted by molar-refractivity contribution is 8.07. The van der Waals surface area contributed by atoms with Crippen LogP contribution in [0.1, 0.15) is 0 Å². The zero-order valence-electron chi connectivity index (χ0n) is 9.61. The summed E-state index contributed by atoms with van der Waals surface area (Å²) in [6.45, 7) is -2.77. The Balaban J connectivity index is 2.93. The van der Waals surface area contributed by atoms with Gasteiger partial charge >= 0.3 is 6.72 Å². The molecule has 0 saturated heterocycles. The Morgan fingerprint density at radius 3 is 1.94 bits per heavy atom. The van der Waals surface area contributed by atoms with E-state index in [1.54, 1.807) is 0 Å². The smallest absolute Gasteiger partial charge is 0.380 e. The van der Waals surface area contributed by atoms with Crippen LogP contribution >= 0.6 is 6.72 Å². The van der Waals surface area contributed by atoms with Gasteiger partial charge in [0, 0.05) is 32.3 Å². The minimum Gasteiger partial charge on any atom is -0.424 e. The quantitative estimate of drug-likeness (QED) is 0.774. The number of sulfone groups is 1. The molecule has 0 atom stereocenters. The second-order valence-electron chi connectivity index (χ2n) is 3.15. The first-order chi connectivity index (χ1) is 7.80. The summed E-state index contributed by atoms with van der Waals surface area (Å²) >= 11 is 5.02. The Labute approximate surface area is 106 Å². The maximum Gasteiger partial charge on any atom is 0.380 e. The minimum atomic E-state index is -3.21.